The number of hydrogen-bond acceptors (Lipinski definition) is 11. The lowest BCUT2D eigenvalue weighted by molar-refractivity contribution is -0.134. The van der Waals surface area contributed by atoms with Gasteiger partial charge in [0.1, 0.15) is 11.3 Å². The molecule has 60 heavy (non-hydrogen) atoms. The maximum absolute atomic E-state index is 12.6. The van der Waals surface area contributed by atoms with Crippen molar-refractivity contribution in [2.24, 2.45) is 26.1 Å². The fraction of sp³-hybridized carbons (Fsp3) is 0.0714. The van der Waals surface area contributed by atoms with Crippen LogP contribution in [0.5, 0.6) is 5.75 Å². The van der Waals surface area contributed by atoms with Crippen LogP contribution in [-0.2, 0) is 19.7 Å². The zero-order valence-corrected chi connectivity index (χ0v) is 33.1. The average Bonchev–Trinajstić information content (AvgIpc) is 3.22. The van der Waals surface area contributed by atoms with Gasteiger partial charge in [0.05, 0.1) is 46.2 Å². The van der Waals surface area contributed by atoms with Gasteiger partial charge in [0.25, 0.3) is 10.1 Å². The number of hydrazone groups is 1. The average molecular weight is 830 g/mol. The highest BCUT2D eigenvalue weighted by atomic mass is 32.2. The van der Waals surface area contributed by atoms with Crippen LogP contribution in [0.1, 0.15) is 11.1 Å². The summed E-state index contributed by atoms with van der Waals surface area (Å²) in [6, 6.07) is 31.7. The number of azo groups is 1. The van der Waals surface area contributed by atoms with Crippen molar-refractivity contribution in [1.82, 2.24) is 0 Å². The largest absolute Gasteiger partial charge is 0.494 e. The summed E-state index contributed by atoms with van der Waals surface area (Å²) in [6.07, 6.45) is 3.67. The minimum Gasteiger partial charge on any atom is -0.494 e. The molecule has 0 bridgehead atoms. The number of aliphatic imine (C=N–C) groups is 1. The van der Waals surface area contributed by atoms with E-state index in [4.69, 9.17) is 15.6 Å². The summed E-state index contributed by atoms with van der Waals surface area (Å²) in [5.74, 6) is -1.27. The van der Waals surface area contributed by atoms with Crippen molar-refractivity contribution in [3.05, 3.63) is 150 Å². The number of methoxy groups -OCH3 is 1. The van der Waals surface area contributed by atoms with Gasteiger partial charge in [0, 0.05) is 17.4 Å². The molecule has 5 aromatic carbocycles. The highest BCUT2D eigenvalue weighted by Crippen LogP contribution is 2.31. The minimum atomic E-state index is -4.38. The van der Waals surface area contributed by atoms with E-state index in [9.17, 15) is 27.4 Å². The van der Waals surface area contributed by atoms with E-state index in [0.29, 0.717) is 28.7 Å². The molecule has 18 heteroatoms. The Bertz CT molecular complexity index is 2680. The zero-order chi connectivity index (χ0) is 43.2. The van der Waals surface area contributed by atoms with Crippen LogP contribution in [-0.4, -0.2) is 54.6 Å². The number of anilines is 4. The minimum absolute atomic E-state index is 0.200. The second-order valence-corrected chi connectivity index (χ2v) is 14.1. The number of nitrogens with zero attached hydrogens (tertiary/aromatic N) is 4. The van der Waals surface area contributed by atoms with Crippen molar-refractivity contribution >= 4 is 79.4 Å². The molecule has 17 nitrogen and oxygen atoms in total. The fourth-order valence-corrected chi connectivity index (χ4v) is 5.68. The predicted molar refractivity (Wildman–Crippen MR) is 231 cm³/mol. The Balaban J connectivity index is 0.000000315. The summed E-state index contributed by atoms with van der Waals surface area (Å²) < 4.78 is 37.1. The lowest BCUT2D eigenvalue weighted by atomic mass is 10.0. The van der Waals surface area contributed by atoms with Crippen LogP contribution < -0.4 is 31.8 Å². The molecule has 8 N–H and O–H groups in total. The number of rotatable bonds is 11. The lowest BCUT2D eigenvalue weighted by Crippen LogP contribution is -2.22. The van der Waals surface area contributed by atoms with Crippen LogP contribution in [0, 0.1) is 13.8 Å². The molecule has 0 aliphatic heterocycles. The first kappa shape index (κ1) is 43.2. The van der Waals surface area contributed by atoms with Gasteiger partial charge in [-0.15, -0.1) is 0 Å². The van der Waals surface area contributed by atoms with E-state index in [1.807, 2.05) is 62.4 Å². The number of hydrogen-bond donors (Lipinski definition) is 7. The van der Waals surface area contributed by atoms with Gasteiger partial charge in [0.15, 0.2) is 11.7 Å². The standard InChI is InChI=1S/C27H22N6O8S.C15H17N3/c1-41-25-15-20(33-31-18-3-2-4-21(13-18)42(38,39)40)9-11-23(25)29-27(37)28-16-5-7-17(8-6-16)30-32-19-10-12-24(34)22(14-19)26(35)36;1-11-7-3-5-9-13(11)17-15(16)18-14-10-6-4-8-12(14)2/h2-15,30H,1H3,(H,35,36)(H2,28,29,37)(H,38,39,40);3-10H,1-2H3,(H3,16,17,18)/b32-19+,33-31?;. The smallest absolute Gasteiger partial charge is 0.339 e. The maximum atomic E-state index is 12.6. The number of carbonyl (C=O) groups excluding carboxylic acids is 2. The molecule has 0 aromatic heterocycles. The topological polar surface area (TPSA) is 259 Å². The first-order valence-electron chi connectivity index (χ1n) is 17.8. The molecule has 0 heterocycles. The Morgan fingerprint density at radius 3 is 2.07 bits per heavy atom. The number of benzene rings is 5. The van der Waals surface area contributed by atoms with E-state index in [-0.39, 0.29) is 27.6 Å². The summed E-state index contributed by atoms with van der Waals surface area (Å²) in [6.45, 7) is 4.04. The molecule has 0 saturated carbocycles. The quantitative estimate of drug-likeness (QED) is 0.0127. The number of ketones is 1. The van der Waals surface area contributed by atoms with Gasteiger partial charge < -0.3 is 31.5 Å². The molecule has 0 spiro atoms. The monoisotopic (exact) mass is 829 g/mol. The van der Waals surface area contributed by atoms with Gasteiger partial charge in [-0.2, -0.15) is 23.7 Å². The number of carboxylic acids is 1. The molecule has 1 aliphatic carbocycles. The highest BCUT2D eigenvalue weighted by molar-refractivity contribution is 7.85. The van der Waals surface area contributed by atoms with Gasteiger partial charge in [-0.3, -0.25) is 14.8 Å². The Morgan fingerprint density at radius 2 is 1.40 bits per heavy atom. The number of amides is 2. The number of para-hydroxylation sites is 2. The molecule has 0 unspecified atom stereocenters. The van der Waals surface area contributed by atoms with Crippen molar-refractivity contribution in [3.63, 3.8) is 0 Å². The SMILES string of the molecule is COc1cc(N=Nc2cccc(S(=O)(=O)O)c2)ccc1NC(=O)Nc1ccc(N/N=C2\C=CC(=O)C(C(=O)O)=C2)cc1.Cc1ccccc1N=C(N)Nc1ccccc1C. The normalized spacial score (nSPS) is 13.2. The number of nitrogens with two attached hydrogens (primary N) is 1. The van der Waals surface area contributed by atoms with Gasteiger partial charge in [0.2, 0.25) is 0 Å². The summed E-state index contributed by atoms with van der Waals surface area (Å²) in [7, 11) is -2.97. The fourth-order valence-electron chi connectivity index (χ4n) is 5.16. The van der Waals surface area contributed by atoms with Crippen LogP contribution in [0.2, 0.25) is 0 Å². The summed E-state index contributed by atoms with van der Waals surface area (Å²) >= 11 is 0. The van der Waals surface area contributed by atoms with E-state index >= 15 is 0 Å². The molecular formula is C42H39N9O8S. The number of carboxylic acid groups (broad SMARTS) is 1. The summed E-state index contributed by atoms with van der Waals surface area (Å²) in [5.41, 5.74) is 14.5. The van der Waals surface area contributed by atoms with Crippen molar-refractivity contribution in [2.45, 2.75) is 18.7 Å². The van der Waals surface area contributed by atoms with Crippen LogP contribution in [0.4, 0.5) is 44.6 Å². The third-order valence-electron chi connectivity index (χ3n) is 8.24. The number of carbonyl (C=O) groups is 3. The van der Waals surface area contributed by atoms with E-state index in [1.165, 1.54) is 37.5 Å². The van der Waals surface area contributed by atoms with Crippen molar-refractivity contribution < 1.29 is 37.2 Å². The number of ether oxygens (including phenoxy) is 1. The molecule has 5 aromatic rings. The lowest BCUT2D eigenvalue weighted by Gasteiger charge is -2.12. The van der Waals surface area contributed by atoms with Crippen molar-refractivity contribution in [1.29, 1.82) is 0 Å². The van der Waals surface area contributed by atoms with Crippen LogP contribution in [0.15, 0.2) is 164 Å². The Kier molecular flexibility index (Phi) is 14.4. The van der Waals surface area contributed by atoms with Gasteiger partial charge >= 0.3 is 12.0 Å². The molecule has 306 valence electrons. The number of aliphatic carboxylic acids is 1. The number of aryl methyl sites for hydroxylation is 2. The number of guanidine groups is 1. The second-order valence-electron chi connectivity index (χ2n) is 12.6. The molecule has 1 aliphatic rings. The molecular weight excluding hydrogens is 791 g/mol. The molecule has 2 amide bonds. The number of nitrogens with one attached hydrogen (secondary N) is 4. The number of urea groups is 1. The van der Waals surface area contributed by atoms with Gasteiger partial charge in [-0.05, 0) is 110 Å². The first-order valence-corrected chi connectivity index (χ1v) is 19.2. The molecule has 0 radical (unpaired) electrons. The van der Waals surface area contributed by atoms with Crippen molar-refractivity contribution in [2.75, 3.05) is 28.5 Å². The Hall–Kier alpha value is -7.96. The third kappa shape index (κ3) is 12.5. The van der Waals surface area contributed by atoms with Crippen molar-refractivity contribution in [3.8, 4) is 5.75 Å². The van der Waals surface area contributed by atoms with E-state index in [0.717, 1.165) is 40.7 Å². The van der Waals surface area contributed by atoms with E-state index in [1.54, 1.807) is 36.4 Å². The van der Waals surface area contributed by atoms with E-state index < -0.39 is 27.9 Å². The molecule has 6 rings (SSSR count). The Labute approximate surface area is 344 Å². The second kappa shape index (κ2) is 19.9. The maximum Gasteiger partial charge on any atom is 0.339 e. The first-order chi connectivity index (χ1) is 28.7. The summed E-state index contributed by atoms with van der Waals surface area (Å²) in [5, 5.41) is 29.6. The predicted octanol–water partition coefficient (Wildman–Crippen LogP) is 8.28. The van der Waals surface area contributed by atoms with E-state index in [2.05, 4.69) is 41.7 Å². The third-order valence-corrected chi connectivity index (χ3v) is 9.09. The Morgan fingerprint density at radius 1 is 0.733 bits per heavy atom. The molecule has 0 atom stereocenters. The summed E-state index contributed by atoms with van der Waals surface area (Å²) in [4.78, 5) is 39.3. The van der Waals surface area contributed by atoms with Crippen LogP contribution >= 0.6 is 0 Å². The molecule has 0 fully saturated rings. The number of allylic oxidation sites excluding steroid dienone is 3. The van der Waals surface area contributed by atoms with Crippen LogP contribution in [0.25, 0.3) is 0 Å². The van der Waals surface area contributed by atoms with Gasteiger partial charge in [-0.1, -0.05) is 42.5 Å². The molecule has 0 saturated heterocycles. The van der Waals surface area contributed by atoms with Crippen LogP contribution in [0.3, 0.4) is 0 Å². The zero-order valence-electron chi connectivity index (χ0n) is 32.3. The van der Waals surface area contributed by atoms with Gasteiger partial charge in [-0.25, -0.2) is 14.6 Å². The highest BCUT2D eigenvalue weighted by Gasteiger charge is 2.19.